The molecular weight excluding hydrogens is 264 g/mol. The number of sulfonamides is 1. The Hall–Kier alpha value is -1.86. The Morgan fingerprint density at radius 2 is 2.05 bits per heavy atom. The van der Waals surface area contributed by atoms with Crippen LogP contribution in [0.2, 0.25) is 0 Å². The van der Waals surface area contributed by atoms with Gasteiger partial charge in [0.1, 0.15) is 5.82 Å². The van der Waals surface area contributed by atoms with Crippen molar-refractivity contribution in [2.24, 2.45) is 12.8 Å². The Labute approximate surface area is 112 Å². The van der Waals surface area contributed by atoms with Crippen LogP contribution in [0.15, 0.2) is 35.4 Å². The third kappa shape index (κ3) is 2.61. The zero-order valence-corrected chi connectivity index (χ0v) is 11.6. The van der Waals surface area contributed by atoms with E-state index in [9.17, 15) is 8.42 Å². The molecule has 1 aromatic heterocycles. The summed E-state index contributed by atoms with van der Waals surface area (Å²) in [6.07, 6.45) is 1.55. The molecule has 2 aromatic rings. The van der Waals surface area contributed by atoms with E-state index in [1.807, 2.05) is 0 Å². The fraction of sp³-hybridized carbons (Fsp3) is 0.250. The molecule has 2 rings (SSSR count). The average Bonchev–Trinajstić information content (AvgIpc) is 2.70. The first-order chi connectivity index (χ1) is 8.95. The monoisotopic (exact) mass is 280 g/mol. The highest BCUT2D eigenvalue weighted by Gasteiger charge is 2.19. The highest BCUT2D eigenvalue weighted by molar-refractivity contribution is 7.92. The van der Waals surface area contributed by atoms with Gasteiger partial charge in [0.15, 0.2) is 0 Å². The third-order valence-corrected chi connectivity index (χ3v) is 4.35. The van der Waals surface area contributed by atoms with Crippen LogP contribution in [0.5, 0.6) is 0 Å². The summed E-state index contributed by atoms with van der Waals surface area (Å²) in [6, 6.07) is 6.80. The minimum absolute atomic E-state index is 0.222. The van der Waals surface area contributed by atoms with Crippen molar-refractivity contribution < 1.29 is 8.42 Å². The Bertz CT molecular complexity index is 692. The maximum Gasteiger partial charge on any atom is 0.263 e. The van der Waals surface area contributed by atoms with Crippen molar-refractivity contribution in [2.75, 3.05) is 4.72 Å². The van der Waals surface area contributed by atoms with E-state index >= 15 is 0 Å². The van der Waals surface area contributed by atoms with Crippen LogP contribution in [-0.2, 0) is 23.6 Å². The van der Waals surface area contributed by atoms with Crippen LogP contribution in [-0.4, -0.2) is 18.2 Å². The summed E-state index contributed by atoms with van der Waals surface area (Å²) in [5.74, 6) is 0.394. The van der Waals surface area contributed by atoms with Crippen molar-refractivity contribution in [2.45, 2.75) is 18.4 Å². The van der Waals surface area contributed by atoms with E-state index in [0.717, 1.165) is 0 Å². The van der Waals surface area contributed by atoms with E-state index in [-0.39, 0.29) is 11.4 Å². The molecule has 0 atom stereocenters. The van der Waals surface area contributed by atoms with Crippen LogP contribution in [0.25, 0.3) is 0 Å². The molecule has 3 N–H and O–H groups in total. The van der Waals surface area contributed by atoms with Crippen molar-refractivity contribution in [1.29, 1.82) is 0 Å². The number of hydrogen-bond acceptors (Lipinski definition) is 4. The lowest BCUT2D eigenvalue weighted by Crippen LogP contribution is -2.18. The number of nitrogens with one attached hydrogen (secondary N) is 1. The van der Waals surface area contributed by atoms with Crippen LogP contribution in [0.3, 0.4) is 0 Å². The molecular formula is C12H16N4O2S. The molecule has 0 saturated carbocycles. The summed E-state index contributed by atoms with van der Waals surface area (Å²) >= 11 is 0. The van der Waals surface area contributed by atoms with Gasteiger partial charge in [0.05, 0.1) is 11.1 Å². The second-order valence-corrected chi connectivity index (χ2v) is 5.87. The molecule has 0 unspecified atom stereocenters. The molecule has 0 aliphatic heterocycles. The van der Waals surface area contributed by atoms with E-state index in [2.05, 4.69) is 9.82 Å². The second kappa shape index (κ2) is 5.02. The predicted molar refractivity (Wildman–Crippen MR) is 73.1 cm³/mol. The van der Waals surface area contributed by atoms with Crippen LogP contribution in [0.1, 0.15) is 11.1 Å². The maximum absolute atomic E-state index is 12.3. The summed E-state index contributed by atoms with van der Waals surface area (Å²) in [5.41, 5.74) is 6.90. The minimum atomic E-state index is -3.64. The van der Waals surface area contributed by atoms with Gasteiger partial charge in [-0.2, -0.15) is 5.10 Å². The number of nitrogens with two attached hydrogens (primary N) is 1. The van der Waals surface area contributed by atoms with Gasteiger partial charge >= 0.3 is 0 Å². The molecule has 1 aromatic carbocycles. The van der Waals surface area contributed by atoms with Crippen molar-refractivity contribution in [1.82, 2.24) is 9.78 Å². The normalized spacial score (nSPS) is 11.5. The molecule has 0 radical (unpaired) electrons. The van der Waals surface area contributed by atoms with Crippen LogP contribution >= 0.6 is 0 Å². The van der Waals surface area contributed by atoms with E-state index in [1.54, 1.807) is 44.4 Å². The lowest BCUT2D eigenvalue weighted by atomic mass is 10.2. The first-order valence-electron chi connectivity index (χ1n) is 5.75. The predicted octanol–water partition coefficient (Wildman–Crippen LogP) is 0.988. The molecule has 19 heavy (non-hydrogen) atoms. The molecule has 1 heterocycles. The van der Waals surface area contributed by atoms with Gasteiger partial charge in [0.25, 0.3) is 10.0 Å². The molecule has 0 aliphatic carbocycles. The summed E-state index contributed by atoms with van der Waals surface area (Å²) in [7, 11) is -1.97. The fourth-order valence-electron chi connectivity index (χ4n) is 1.80. The highest BCUT2D eigenvalue weighted by atomic mass is 32.2. The van der Waals surface area contributed by atoms with E-state index in [1.165, 1.54) is 4.68 Å². The van der Waals surface area contributed by atoms with E-state index in [0.29, 0.717) is 16.9 Å². The number of nitrogens with zero attached hydrogens (tertiary/aromatic N) is 2. The molecule has 0 fully saturated rings. The van der Waals surface area contributed by atoms with Gasteiger partial charge in [-0.05, 0) is 18.6 Å². The standard InChI is InChI=1S/C12H16N4O2S/c1-9-5-3-4-6-11(9)19(17,18)15-12-10(7-13)8-14-16(12)2/h3-6,8,15H,7,13H2,1-2H3. The lowest BCUT2D eigenvalue weighted by Gasteiger charge is -2.11. The van der Waals surface area contributed by atoms with Crippen molar-refractivity contribution in [3.63, 3.8) is 0 Å². The molecule has 0 saturated heterocycles. The van der Waals surface area contributed by atoms with Gasteiger partial charge in [-0.3, -0.25) is 9.40 Å². The zero-order valence-electron chi connectivity index (χ0n) is 10.8. The first kappa shape index (κ1) is 13.6. The largest absolute Gasteiger partial charge is 0.326 e. The number of rotatable bonds is 4. The quantitative estimate of drug-likeness (QED) is 0.873. The Morgan fingerprint density at radius 3 is 2.68 bits per heavy atom. The van der Waals surface area contributed by atoms with Crippen molar-refractivity contribution in [3.8, 4) is 0 Å². The van der Waals surface area contributed by atoms with E-state index in [4.69, 9.17) is 5.73 Å². The SMILES string of the molecule is Cc1ccccc1S(=O)(=O)Nc1c(CN)cnn1C. The molecule has 6 nitrogen and oxygen atoms in total. The summed E-state index contributed by atoms with van der Waals surface area (Å²) in [5, 5.41) is 4.00. The number of benzene rings is 1. The minimum Gasteiger partial charge on any atom is -0.326 e. The molecule has 102 valence electrons. The third-order valence-electron chi connectivity index (χ3n) is 2.85. The van der Waals surface area contributed by atoms with E-state index < -0.39 is 10.0 Å². The van der Waals surface area contributed by atoms with Gasteiger partial charge in [-0.15, -0.1) is 0 Å². The van der Waals surface area contributed by atoms with Crippen molar-refractivity contribution in [3.05, 3.63) is 41.6 Å². The highest BCUT2D eigenvalue weighted by Crippen LogP contribution is 2.21. The molecule has 0 amide bonds. The van der Waals surface area contributed by atoms with Crippen LogP contribution < -0.4 is 10.5 Å². The van der Waals surface area contributed by atoms with Crippen LogP contribution in [0, 0.1) is 6.92 Å². The number of aromatic nitrogens is 2. The number of hydrogen-bond donors (Lipinski definition) is 2. The van der Waals surface area contributed by atoms with Gasteiger partial charge in [0, 0.05) is 19.2 Å². The van der Waals surface area contributed by atoms with Crippen LogP contribution in [0.4, 0.5) is 5.82 Å². The summed E-state index contributed by atoms with van der Waals surface area (Å²) in [6.45, 7) is 1.97. The first-order valence-corrected chi connectivity index (χ1v) is 7.23. The van der Waals surface area contributed by atoms with Gasteiger partial charge in [-0.25, -0.2) is 8.42 Å². The summed E-state index contributed by atoms with van der Waals surface area (Å²) in [4.78, 5) is 0.249. The topological polar surface area (TPSA) is 90.0 Å². The average molecular weight is 280 g/mol. The molecule has 7 heteroatoms. The van der Waals surface area contributed by atoms with Gasteiger partial charge in [-0.1, -0.05) is 18.2 Å². The van der Waals surface area contributed by atoms with Gasteiger partial charge in [0.2, 0.25) is 0 Å². The second-order valence-electron chi connectivity index (χ2n) is 4.22. The number of anilines is 1. The molecule has 0 bridgehead atoms. The Balaban J connectivity index is 2.43. The Morgan fingerprint density at radius 1 is 1.37 bits per heavy atom. The zero-order chi connectivity index (χ0) is 14.0. The fourth-order valence-corrected chi connectivity index (χ4v) is 3.18. The number of aryl methyl sites for hydroxylation is 2. The lowest BCUT2D eigenvalue weighted by molar-refractivity contribution is 0.599. The van der Waals surface area contributed by atoms with Gasteiger partial charge < -0.3 is 5.73 Å². The maximum atomic E-state index is 12.3. The Kier molecular flexibility index (Phi) is 3.59. The smallest absolute Gasteiger partial charge is 0.263 e. The summed E-state index contributed by atoms with van der Waals surface area (Å²) < 4.78 is 28.7. The van der Waals surface area contributed by atoms with Crippen molar-refractivity contribution >= 4 is 15.8 Å². The molecule has 0 aliphatic rings. The molecule has 0 spiro atoms.